The molecule has 10 nitrogen and oxygen atoms in total. The lowest BCUT2D eigenvalue weighted by Crippen LogP contribution is -2.50. The quantitative estimate of drug-likeness (QED) is 0.102. The fourth-order valence-electron chi connectivity index (χ4n) is 9.31. The Morgan fingerprint density at radius 2 is 1.45 bits per heavy atom. The van der Waals surface area contributed by atoms with Crippen molar-refractivity contribution in [2.75, 3.05) is 72.4 Å². The predicted octanol–water partition coefficient (Wildman–Crippen LogP) is 7.69. The van der Waals surface area contributed by atoms with Gasteiger partial charge in [0, 0.05) is 50.4 Å². The summed E-state index contributed by atoms with van der Waals surface area (Å²) < 4.78 is 109. The van der Waals surface area contributed by atoms with E-state index >= 15 is 0 Å². The van der Waals surface area contributed by atoms with Crippen molar-refractivity contribution in [2.24, 2.45) is 0 Å². The molecule has 2 atom stereocenters. The van der Waals surface area contributed by atoms with Crippen LogP contribution in [0.5, 0.6) is 0 Å². The van der Waals surface area contributed by atoms with Crippen LogP contribution in [-0.2, 0) is 55.3 Å². The zero-order valence-corrected chi connectivity index (χ0v) is 36.2. The highest BCUT2D eigenvalue weighted by Gasteiger charge is 2.50. The number of anilines is 1. The fraction of sp³-hybridized carbons (Fsp3) is 0.438. The first kappa shape index (κ1) is 47.4. The number of carbonyl (C=O) groups excluding carboxylic acids is 3. The summed E-state index contributed by atoms with van der Waals surface area (Å²) in [5.41, 5.74) is 4.49. The van der Waals surface area contributed by atoms with E-state index in [2.05, 4.69) is 17.0 Å². The van der Waals surface area contributed by atoms with Gasteiger partial charge in [-0.05, 0) is 110 Å². The molecule has 0 saturated carbocycles. The molecule has 2 saturated heterocycles. The zero-order valence-electron chi connectivity index (χ0n) is 36.2. The monoisotopic (exact) mass is 911 g/mol. The van der Waals surface area contributed by atoms with Gasteiger partial charge >= 0.3 is 12.4 Å². The van der Waals surface area contributed by atoms with Crippen molar-refractivity contribution in [1.82, 2.24) is 19.6 Å². The molecule has 1 spiro atoms. The third kappa shape index (κ3) is 10.8. The summed E-state index contributed by atoms with van der Waals surface area (Å²) in [6, 6.07) is 21.6. The van der Waals surface area contributed by atoms with E-state index in [-0.39, 0.29) is 55.4 Å². The number of nitrogen functional groups attached to an aromatic ring is 1. The molecule has 2 aliphatic heterocycles. The van der Waals surface area contributed by atoms with Gasteiger partial charge < -0.3 is 34.8 Å². The lowest BCUT2D eigenvalue weighted by Gasteiger charge is -2.44. The molecule has 3 amide bonds. The van der Waals surface area contributed by atoms with E-state index in [1.165, 1.54) is 29.8 Å². The van der Waals surface area contributed by atoms with Crippen LogP contribution in [0.25, 0.3) is 0 Å². The molecule has 1 aliphatic carbocycles. The highest BCUT2D eigenvalue weighted by molar-refractivity contribution is 5.95. The summed E-state index contributed by atoms with van der Waals surface area (Å²) in [5, 5.41) is 0. The number of likely N-dealkylation sites (tertiary alicyclic amines) is 1. The summed E-state index contributed by atoms with van der Waals surface area (Å²) in [6.07, 6.45) is -7.40. The highest BCUT2D eigenvalue weighted by atomic mass is 19.4. The number of rotatable bonds is 14. The average molecular weight is 912 g/mol. The van der Waals surface area contributed by atoms with Gasteiger partial charge in [0.2, 0.25) is 11.8 Å². The van der Waals surface area contributed by atoms with Gasteiger partial charge in [0.15, 0.2) is 0 Å². The second-order valence-corrected chi connectivity index (χ2v) is 17.4. The van der Waals surface area contributed by atoms with Crippen molar-refractivity contribution < 1.29 is 54.6 Å². The zero-order chi connectivity index (χ0) is 46.7. The largest absolute Gasteiger partial charge is 0.416 e. The molecule has 65 heavy (non-hydrogen) atoms. The Kier molecular flexibility index (Phi) is 14.0. The molecule has 0 unspecified atom stereocenters. The van der Waals surface area contributed by atoms with Crippen molar-refractivity contribution in [1.29, 1.82) is 0 Å². The van der Waals surface area contributed by atoms with Gasteiger partial charge in [0.05, 0.1) is 30.2 Å². The van der Waals surface area contributed by atoms with Crippen molar-refractivity contribution in [2.45, 2.75) is 68.0 Å². The van der Waals surface area contributed by atoms with Crippen molar-refractivity contribution in [3.63, 3.8) is 0 Å². The Balaban J connectivity index is 0.970. The maximum atomic E-state index is 14.1. The lowest BCUT2D eigenvalue weighted by atomic mass is 9.72. The van der Waals surface area contributed by atoms with E-state index in [1.54, 1.807) is 36.0 Å². The van der Waals surface area contributed by atoms with Crippen LogP contribution < -0.4 is 5.73 Å². The second-order valence-electron chi connectivity index (χ2n) is 17.4. The van der Waals surface area contributed by atoms with Crippen molar-refractivity contribution >= 4 is 23.4 Å². The van der Waals surface area contributed by atoms with Crippen LogP contribution in [0.15, 0.2) is 91.0 Å². The molecule has 17 heteroatoms. The van der Waals surface area contributed by atoms with Crippen LogP contribution in [-0.4, -0.2) is 110 Å². The van der Waals surface area contributed by atoms with Crippen LogP contribution in [0.3, 0.4) is 0 Å². The van der Waals surface area contributed by atoms with Crippen molar-refractivity contribution in [3.8, 4) is 0 Å². The van der Waals surface area contributed by atoms with E-state index in [9.17, 15) is 45.1 Å². The molecule has 2 N–H and O–H groups in total. The number of nitrogens with zero attached hydrogens (tertiary/aromatic N) is 4. The van der Waals surface area contributed by atoms with E-state index in [4.69, 9.17) is 15.2 Å². The minimum atomic E-state index is -5.13. The number of fused-ring (bicyclic) bond motifs is 2. The first-order valence-corrected chi connectivity index (χ1v) is 21.5. The summed E-state index contributed by atoms with van der Waals surface area (Å²) >= 11 is 0. The second kappa shape index (κ2) is 19.1. The molecule has 4 aromatic carbocycles. The number of hydrogen-bond donors (Lipinski definition) is 1. The van der Waals surface area contributed by atoms with Crippen LogP contribution in [0.4, 0.5) is 36.4 Å². The fourth-order valence-corrected chi connectivity index (χ4v) is 9.31. The molecule has 2 fully saturated rings. The maximum absolute atomic E-state index is 14.1. The Bertz CT molecular complexity index is 2300. The molecular weight excluding hydrogens is 860 g/mol. The van der Waals surface area contributed by atoms with E-state index in [0.29, 0.717) is 81.8 Å². The number of alkyl halides is 6. The molecular formula is C48H52F7N5O5. The number of halogens is 7. The lowest BCUT2D eigenvalue weighted by molar-refractivity contribution is -0.143. The van der Waals surface area contributed by atoms with Crippen molar-refractivity contribution in [3.05, 3.63) is 136 Å². The summed E-state index contributed by atoms with van der Waals surface area (Å²) in [5.74, 6) is -1.79. The molecule has 0 aromatic heterocycles. The van der Waals surface area contributed by atoms with Gasteiger partial charge in [-0.3, -0.25) is 14.4 Å². The van der Waals surface area contributed by atoms with E-state index < -0.39 is 53.1 Å². The number of ether oxygens (including phenoxy) is 2. The number of nitrogens with two attached hydrogens (primary N) is 1. The first-order valence-electron chi connectivity index (χ1n) is 21.5. The number of carbonyl (C=O) groups is 3. The average Bonchev–Trinajstić information content (AvgIpc) is 3.85. The number of amides is 3. The first-order chi connectivity index (χ1) is 30.8. The van der Waals surface area contributed by atoms with Gasteiger partial charge in [-0.15, -0.1) is 0 Å². The number of piperidine rings is 1. The van der Waals surface area contributed by atoms with Gasteiger partial charge in [-0.2, -0.15) is 26.3 Å². The minimum Gasteiger partial charge on any atom is -0.399 e. The standard InChI is InChI=1S/C48H52F7N5O5/c1-57(42(61)24-32-8-14-39(56)15-9-32)19-5-20-58(2)43(62)29-64-41-27-33-6-3-4-7-40(33)45(41)16-21-59(22-17-45)23-18-46(35-10-12-38(49)13-11-35)30-60(31-65-46)44(63)34-25-36(47(50,51)52)28-37(26-34)48(53,54)55/h3-4,6-15,25-26,28,41H,5,16-24,27,29-31,56H2,1-2H3/t41-,46+/m0/s1. The van der Waals surface area contributed by atoms with Gasteiger partial charge in [0.1, 0.15) is 24.8 Å². The summed E-state index contributed by atoms with van der Waals surface area (Å²) in [4.78, 5) is 46.3. The van der Waals surface area contributed by atoms with Gasteiger partial charge in [-0.1, -0.05) is 48.5 Å². The number of hydrogen-bond acceptors (Lipinski definition) is 7. The Morgan fingerprint density at radius 3 is 2.08 bits per heavy atom. The number of likely N-dealkylation sites (N-methyl/N-ethyl adjacent to an activating group) is 2. The van der Waals surface area contributed by atoms with Gasteiger partial charge in [-0.25, -0.2) is 4.39 Å². The van der Waals surface area contributed by atoms with Crippen LogP contribution in [0, 0.1) is 5.82 Å². The van der Waals surface area contributed by atoms with Gasteiger partial charge in [0.25, 0.3) is 5.91 Å². The minimum absolute atomic E-state index is 0.0277. The number of benzene rings is 4. The molecule has 2 heterocycles. The molecule has 7 rings (SSSR count). The van der Waals surface area contributed by atoms with Crippen LogP contribution in [0.2, 0.25) is 0 Å². The maximum Gasteiger partial charge on any atom is 0.416 e. The molecule has 0 radical (unpaired) electrons. The molecule has 348 valence electrons. The Morgan fingerprint density at radius 1 is 0.831 bits per heavy atom. The summed E-state index contributed by atoms with van der Waals surface area (Å²) in [7, 11) is 3.46. The van der Waals surface area contributed by atoms with E-state index in [0.717, 1.165) is 16.0 Å². The smallest absolute Gasteiger partial charge is 0.399 e. The van der Waals surface area contributed by atoms with Crippen LogP contribution in [0.1, 0.15) is 69.4 Å². The Hall–Kier alpha value is -5.52. The SMILES string of the molecule is CN(CCCN(C)C(=O)Cc1ccc(N)cc1)C(=O)CO[C@H]1Cc2ccccc2C12CCN(CC[C@]1(c3ccc(F)cc3)CN(C(=O)c3cc(C(F)(F)F)cc(C(F)(F)F)c3)CO1)CC2. The Labute approximate surface area is 373 Å². The van der Waals surface area contributed by atoms with E-state index in [1.807, 2.05) is 24.3 Å². The third-order valence-corrected chi connectivity index (χ3v) is 13.2. The molecule has 0 bridgehead atoms. The predicted molar refractivity (Wildman–Crippen MR) is 228 cm³/mol. The van der Waals surface area contributed by atoms with Crippen LogP contribution >= 0.6 is 0 Å². The topological polar surface area (TPSA) is 109 Å². The normalized spacial score (nSPS) is 19.6. The molecule has 3 aliphatic rings. The highest BCUT2D eigenvalue weighted by Crippen LogP contribution is 2.48. The third-order valence-electron chi connectivity index (χ3n) is 13.2. The summed E-state index contributed by atoms with van der Waals surface area (Å²) in [6.45, 7) is 1.88. The molecule has 4 aromatic rings.